The van der Waals surface area contributed by atoms with E-state index in [0.717, 1.165) is 12.1 Å². The summed E-state index contributed by atoms with van der Waals surface area (Å²) >= 11 is 0. The van der Waals surface area contributed by atoms with Crippen molar-refractivity contribution in [1.29, 1.82) is 0 Å². The predicted molar refractivity (Wildman–Crippen MR) is 118 cm³/mol. The van der Waals surface area contributed by atoms with Crippen molar-refractivity contribution in [3.8, 4) is 28.6 Å². The minimum atomic E-state index is -0.742. The third-order valence-corrected chi connectivity index (χ3v) is 4.76. The number of ether oxygens (including phenoxy) is 2. The van der Waals surface area contributed by atoms with Gasteiger partial charge in [0.25, 0.3) is 0 Å². The SMILES string of the molecule is COc1ccccc1Oc1ccc(NC(=O)CCc2ncc(-c3c(F)cccc3F)o2)cc1. The number of hydrogen-bond donors (Lipinski definition) is 1. The molecule has 1 N–H and O–H groups in total. The lowest BCUT2D eigenvalue weighted by Gasteiger charge is -2.10. The number of benzene rings is 3. The van der Waals surface area contributed by atoms with Gasteiger partial charge in [-0.3, -0.25) is 4.79 Å². The van der Waals surface area contributed by atoms with Crippen LogP contribution in [0.1, 0.15) is 12.3 Å². The largest absolute Gasteiger partial charge is 0.493 e. The normalized spacial score (nSPS) is 10.6. The van der Waals surface area contributed by atoms with E-state index in [1.807, 2.05) is 12.1 Å². The highest BCUT2D eigenvalue weighted by molar-refractivity contribution is 5.90. The Morgan fingerprint density at radius 3 is 2.36 bits per heavy atom. The van der Waals surface area contributed by atoms with Crippen molar-refractivity contribution in [3.63, 3.8) is 0 Å². The summed E-state index contributed by atoms with van der Waals surface area (Å²) in [6.45, 7) is 0. The van der Waals surface area contributed by atoms with Crippen molar-refractivity contribution in [2.75, 3.05) is 12.4 Å². The topological polar surface area (TPSA) is 73.6 Å². The van der Waals surface area contributed by atoms with Gasteiger partial charge in [-0.05, 0) is 48.5 Å². The summed E-state index contributed by atoms with van der Waals surface area (Å²) in [5, 5.41) is 2.77. The summed E-state index contributed by atoms with van der Waals surface area (Å²) in [4.78, 5) is 16.3. The number of rotatable bonds is 8. The van der Waals surface area contributed by atoms with E-state index in [9.17, 15) is 13.6 Å². The second kappa shape index (κ2) is 9.95. The lowest BCUT2D eigenvalue weighted by molar-refractivity contribution is -0.116. The van der Waals surface area contributed by atoms with Crippen LogP contribution in [-0.4, -0.2) is 18.0 Å². The molecule has 0 radical (unpaired) electrons. The van der Waals surface area contributed by atoms with Gasteiger partial charge < -0.3 is 19.2 Å². The number of nitrogens with one attached hydrogen (secondary N) is 1. The van der Waals surface area contributed by atoms with Gasteiger partial charge in [0.15, 0.2) is 23.1 Å². The van der Waals surface area contributed by atoms with Gasteiger partial charge in [0, 0.05) is 18.5 Å². The molecule has 0 aliphatic rings. The number of aromatic nitrogens is 1. The van der Waals surface area contributed by atoms with Gasteiger partial charge in [-0.15, -0.1) is 0 Å². The second-order valence-electron chi connectivity index (χ2n) is 7.04. The summed E-state index contributed by atoms with van der Waals surface area (Å²) in [6.07, 6.45) is 1.51. The van der Waals surface area contributed by atoms with Crippen LogP contribution in [0.3, 0.4) is 0 Å². The molecule has 0 fully saturated rings. The van der Waals surface area contributed by atoms with Crippen LogP contribution in [-0.2, 0) is 11.2 Å². The number of halogens is 2. The zero-order chi connectivity index (χ0) is 23.2. The molecular formula is C25H20F2N2O4. The Morgan fingerprint density at radius 2 is 1.67 bits per heavy atom. The molecule has 1 aromatic heterocycles. The maximum absolute atomic E-state index is 13.9. The standard InChI is InChI=1S/C25H20F2N2O4/c1-31-20-7-2-3-8-21(20)32-17-11-9-16(10-12-17)29-23(30)13-14-24-28-15-22(33-24)25-18(26)5-4-6-19(25)27/h2-12,15H,13-14H2,1H3,(H,29,30). The number of methoxy groups -OCH3 is 1. The van der Waals surface area contributed by atoms with Gasteiger partial charge in [0.2, 0.25) is 5.91 Å². The van der Waals surface area contributed by atoms with Gasteiger partial charge in [-0.1, -0.05) is 18.2 Å². The highest BCUT2D eigenvalue weighted by atomic mass is 19.1. The Labute approximate surface area is 188 Å². The molecule has 4 aromatic rings. The highest BCUT2D eigenvalue weighted by Gasteiger charge is 2.16. The van der Waals surface area contributed by atoms with Gasteiger partial charge >= 0.3 is 0 Å². The van der Waals surface area contributed by atoms with Crippen molar-refractivity contribution >= 4 is 11.6 Å². The van der Waals surface area contributed by atoms with E-state index in [1.54, 1.807) is 43.5 Å². The lowest BCUT2D eigenvalue weighted by atomic mass is 10.1. The molecule has 1 heterocycles. The molecule has 0 unspecified atom stereocenters. The average Bonchev–Trinajstić information content (AvgIpc) is 3.28. The first-order valence-corrected chi connectivity index (χ1v) is 10.1. The zero-order valence-corrected chi connectivity index (χ0v) is 17.7. The number of carbonyl (C=O) groups excluding carboxylic acids is 1. The van der Waals surface area contributed by atoms with Gasteiger partial charge in [0.05, 0.1) is 18.9 Å². The molecule has 4 rings (SSSR count). The summed E-state index contributed by atoms with van der Waals surface area (Å²) in [7, 11) is 1.57. The number of para-hydroxylation sites is 2. The number of nitrogens with zero attached hydrogens (tertiary/aromatic N) is 1. The third-order valence-electron chi connectivity index (χ3n) is 4.76. The van der Waals surface area contributed by atoms with E-state index in [2.05, 4.69) is 10.3 Å². The summed E-state index contributed by atoms with van der Waals surface area (Å²) < 4.78 is 44.3. The molecule has 6 nitrogen and oxygen atoms in total. The fraction of sp³-hybridized carbons (Fsp3) is 0.120. The highest BCUT2D eigenvalue weighted by Crippen LogP contribution is 2.31. The Kier molecular flexibility index (Phi) is 6.64. The van der Waals surface area contributed by atoms with Crippen LogP contribution < -0.4 is 14.8 Å². The molecule has 8 heteroatoms. The van der Waals surface area contributed by atoms with Crippen LogP contribution in [0.15, 0.2) is 77.3 Å². The van der Waals surface area contributed by atoms with Crippen LogP contribution in [0.25, 0.3) is 11.3 Å². The van der Waals surface area contributed by atoms with Gasteiger partial charge in [-0.25, -0.2) is 13.8 Å². The van der Waals surface area contributed by atoms with Crippen LogP contribution in [0.5, 0.6) is 17.2 Å². The molecule has 168 valence electrons. The molecule has 0 bridgehead atoms. The van der Waals surface area contributed by atoms with Gasteiger partial charge in [-0.2, -0.15) is 0 Å². The van der Waals surface area contributed by atoms with E-state index in [1.165, 1.54) is 12.3 Å². The maximum atomic E-state index is 13.9. The molecule has 0 saturated heterocycles. The number of aryl methyl sites for hydroxylation is 1. The molecular weight excluding hydrogens is 430 g/mol. The van der Waals surface area contributed by atoms with Crippen molar-refractivity contribution in [2.45, 2.75) is 12.8 Å². The Hall–Kier alpha value is -4.20. The molecule has 0 spiro atoms. The molecule has 0 atom stereocenters. The van der Waals surface area contributed by atoms with Crippen LogP contribution >= 0.6 is 0 Å². The number of anilines is 1. The zero-order valence-electron chi connectivity index (χ0n) is 17.7. The minimum absolute atomic E-state index is 0.0216. The van der Waals surface area contributed by atoms with Crippen molar-refractivity contribution < 1.29 is 27.5 Å². The molecule has 0 aliphatic heterocycles. The third kappa shape index (κ3) is 5.35. The number of oxazole rings is 1. The summed E-state index contributed by atoms with van der Waals surface area (Å²) in [6, 6.07) is 17.7. The predicted octanol–water partition coefficient (Wildman–Crippen LogP) is 5.99. The van der Waals surface area contributed by atoms with E-state index in [0.29, 0.717) is 22.9 Å². The molecule has 0 aliphatic carbocycles. The summed E-state index contributed by atoms with van der Waals surface area (Å²) in [5.74, 6) is 0.229. The van der Waals surface area contributed by atoms with E-state index in [4.69, 9.17) is 13.9 Å². The summed E-state index contributed by atoms with van der Waals surface area (Å²) in [5.41, 5.74) is 0.310. The van der Waals surface area contributed by atoms with Crippen molar-refractivity contribution in [2.24, 2.45) is 0 Å². The lowest BCUT2D eigenvalue weighted by Crippen LogP contribution is -2.12. The maximum Gasteiger partial charge on any atom is 0.224 e. The van der Waals surface area contributed by atoms with Gasteiger partial charge in [0.1, 0.15) is 17.4 Å². The molecule has 33 heavy (non-hydrogen) atoms. The fourth-order valence-corrected chi connectivity index (χ4v) is 3.15. The molecule has 3 aromatic carbocycles. The quantitative estimate of drug-likeness (QED) is 0.357. The minimum Gasteiger partial charge on any atom is -0.493 e. The first-order chi connectivity index (χ1) is 16.0. The number of carbonyl (C=O) groups is 1. The van der Waals surface area contributed by atoms with Crippen molar-refractivity contribution in [3.05, 3.63) is 90.5 Å². The van der Waals surface area contributed by atoms with E-state index >= 15 is 0 Å². The number of hydrogen-bond acceptors (Lipinski definition) is 5. The number of amides is 1. The van der Waals surface area contributed by atoms with E-state index in [-0.39, 0.29) is 36.0 Å². The van der Waals surface area contributed by atoms with Crippen molar-refractivity contribution in [1.82, 2.24) is 4.98 Å². The smallest absolute Gasteiger partial charge is 0.224 e. The van der Waals surface area contributed by atoms with Crippen LogP contribution in [0, 0.1) is 11.6 Å². The van der Waals surface area contributed by atoms with Crippen LogP contribution in [0.2, 0.25) is 0 Å². The Balaban J connectivity index is 1.32. The van der Waals surface area contributed by atoms with Crippen LogP contribution in [0.4, 0.5) is 14.5 Å². The van der Waals surface area contributed by atoms with E-state index < -0.39 is 11.6 Å². The monoisotopic (exact) mass is 450 g/mol. The average molecular weight is 450 g/mol. The molecule has 1 amide bonds. The Bertz CT molecular complexity index is 1240. The Morgan fingerprint density at radius 1 is 0.970 bits per heavy atom. The first kappa shape index (κ1) is 22.0. The molecule has 0 saturated carbocycles. The second-order valence-corrected chi connectivity index (χ2v) is 7.04. The fourth-order valence-electron chi connectivity index (χ4n) is 3.15. The first-order valence-electron chi connectivity index (χ1n) is 10.1.